The number of benzene rings is 2. The quantitative estimate of drug-likeness (QED) is 0.719. The molecule has 0 radical (unpaired) electrons. The second kappa shape index (κ2) is 10.2. The molecule has 1 atom stereocenters. The van der Waals surface area contributed by atoms with Gasteiger partial charge in [0.05, 0.1) is 0 Å². The second-order valence-corrected chi connectivity index (χ2v) is 5.42. The van der Waals surface area contributed by atoms with Crippen LogP contribution in [0.15, 0.2) is 54.6 Å². The number of halogens is 2. The van der Waals surface area contributed by atoms with Crippen molar-refractivity contribution in [1.82, 2.24) is 0 Å². The summed E-state index contributed by atoms with van der Waals surface area (Å²) in [5, 5.41) is 3.49. The van der Waals surface area contributed by atoms with Crippen molar-refractivity contribution in [3.05, 3.63) is 65.2 Å². The lowest BCUT2D eigenvalue weighted by atomic mass is 10.0. The molecule has 0 fully saturated rings. The van der Waals surface area contributed by atoms with E-state index in [1.807, 2.05) is 48.5 Å². The minimum atomic E-state index is -0.261. The van der Waals surface area contributed by atoms with Crippen molar-refractivity contribution in [3.8, 4) is 0 Å². The molecule has 0 aliphatic heterocycles. The first-order valence-corrected chi connectivity index (χ1v) is 7.53. The number of carbonyl (C=O) groups excluding carboxylic acids is 1. The first-order valence-electron chi connectivity index (χ1n) is 7.15. The zero-order chi connectivity index (χ0) is 15.8. The third-order valence-corrected chi connectivity index (χ3v) is 3.55. The lowest BCUT2D eigenvalue weighted by molar-refractivity contribution is -0.116. The van der Waals surface area contributed by atoms with Gasteiger partial charge in [0.25, 0.3) is 0 Å². The number of hydrogen-bond acceptors (Lipinski definition) is 3. The Morgan fingerprint density at radius 2 is 1.91 bits per heavy atom. The molecule has 0 saturated heterocycles. The third kappa shape index (κ3) is 6.59. The topological polar surface area (TPSA) is 64.3 Å². The number of amides is 1. The third-order valence-electron chi connectivity index (χ3n) is 3.31. The van der Waals surface area contributed by atoms with Gasteiger partial charge in [-0.25, -0.2) is 5.90 Å². The molecule has 0 bridgehead atoms. The largest absolute Gasteiger partial charge is 0.326 e. The number of para-hydroxylation sites is 1. The summed E-state index contributed by atoms with van der Waals surface area (Å²) in [4.78, 5) is 16.9. The normalized spacial score (nSPS) is 11.4. The Kier molecular flexibility index (Phi) is 8.66. The Labute approximate surface area is 147 Å². The number of nitrogens with one attached hydrogen (secondary N) is 1. The van der Waals surface area contributed by atoms with Gasteiger partial charge in [-0.15, -0.1) is 12.4 Å². The van der Waals surface area contributed by atoms with E-state index >= 15 is 0 Å². The van der Waals surface area contributed by atoms with Gasteiger partial charge in [0.15, 0.2) is 0 Å². The number of hydrogen-bond donors (Lipinski definition) is 2. The maximum Gasteiger partial charge on any atom is 0.224 e. The van der Waals surface area contributed by atoms with Crippen molar-refractivity contribution in [1.29, 1.82) is 0 Å². The number of anilines is 1. The Bertz CT molecular complexity index is 609. The fourth-order valence-corrected chi connectivity index (χ4v) is 2.41. The van der Waals surface area contributed by atoms with Gasteiger partial charge in [-0.1, -0.05) is 41.9 Å². The van der Waals surface area contributed by atoms with Gasteiger partial charge in [-0.05, 0) is 42.7 Å². The zero-order valence-electron chi connectivity index (χ0n) is 12.6. The summed E-state index contributed by atoms with van der Waals surface area (Å²) < 4.78 is 0. The number of carbonyl (C=O) groups is 1. The van der Waals surface area contributed by atoms with Crippen LogP contribution in [0.5, 0.6) is 0 Å². The molecule has 0 aliphatic carbocycles. The van der Waals surface area contributed by atoms with Crippen LogP contribution in [0.2, 0.25) is 5.02 Å². The fourth-order valence-electron chi connectivity index (χ4n) is 2.21. The number of nitrogens with two attached hydrogens (primary N) is 1. The van der Waals surface area contributed by atoms with E-state index in [0.717, 1.165) is 11.3 Å². The summed E-state index contributed by atoms with van der Waals surface area (Å²) in [5.41, 5.74) is 1.72. The van der Waals surface area contributed by atoms with Gasteiger partial charge < -0.3 is 5.32 Å². The molecule has 2 aromatic rings. The van der Waals surface area contributed by atoms with Crippen LogP contribution in [-0.4, -0.2) is 5.91 Å². The maximum absolute atomic E-state index is 11.9. The van der Waals surface area contributed by atoms with Crippen molar-refractivity contribution >= 4 is 35.6 Å². The van der Waals surface area contributed by atoms with Gasteiger partial charge in [0, 0.05) is 17.1 Å². The van der Waals surface area contributed by atoms with Crippen LogP contribution in [0.4, 0.5) is 5.69 Å². The molecule has 0 aromatic heterocycles. The van der Waals surface area contributed by atoms with E-state index in [4.69, 9.17) is 22.3 Å². The van der Waals surface area contributed by atoms with Gasteiger partial charge in [0.2, 0.25) is 5.91 Å². The Balaban J connectivity index is 0.00000264. The van der Waals surface area contributed by atoms with Crippen molar-refractivity contribution in [2.45, 2.75) is 25.4 Å². The highest BCUT2D eigenvalue weighted by Gasteiger charge is 2.12. The molecule has 3 N–H and O–H groups in total. The average molecular weight is 355 g/mol. The highest BCUT2D eigenvalue weighted by molar-refractivity contribution is 6.30. The molecular weight excluding hydrogens is 335 g/mol. The molecule has 1 unspecified atom stereocenters. The monoisotopic (exact) mass is 354 g/mol. The minimum Gasteiger partial charge on any atom is -0.326 e. The van der Waals surface area contributed by atoms with Crippen molar-refractivity contribution < 1.29 is 9.63 Å². The first kappa shape index (κ1) is 19.5. The fraction of sp³-hybridized carbons (Fsp3) is 0.235. The van der Waals surface area contributed by atoms with E-state index in [0.29, 0.717) is 24.3 Å². The zero-order valence-corrected chi connectivity index (χ0v) is 14.1. The van der Waals surface area contributed by atoms with Gasteiger partial charge in [-0.3, -0.25) is 9.63 Å². The Morgan fingerprint density at radius 3 is 2.57 bits per heavy atom. The average Bonchev–Trinajstić information content (AvgIpc) is 2.52. The van der Waals surface area contributed by atoms with Gasteiger partial charge >= 0.3 is 0 Å². The van der Waals surface area contributed by atoms with Crippen LogP contribution in [0.3, 0.4) is 0 Å². The van der Waals surface area contributed by atoms with Crippen LogP contribution in [0.25, 0.3) is 0 Å². The Morgan fingerprint density at radius 1 is 1.17 bits per heavy atom. The molecular formula is C17H20Cl2N2O2. The summed E-state index contributed by atoms with van der Waals surface area (Å²) in [6, 6.07) is 16.8. The molecule has 0 saturated carbocycles. The highest BCUT2D eigenvalue weighted by Crippen LogP contribution is 2.24. The number of rotatable bonds is 7. The molecule has 124 valence electrons. The van der Waals surface area contributed by atoms with E-state index in [1.54, 1.807) is 6.07 Å². The molecule has 0 aliphatic rings. The maximum atomic E-state index is 11.9. The van der Waals surface area contributed by atoms with Crippen LogP contribution in [0.1, 0.15) is 30.9 Å². The molecule has 23 heavy (non-hydrogen) atoms. The molecule has 4 nitrogen and oxygen atoms in total. The smallest absolute Gasteiger partial charge is 0.224 e. The van der Waals surface area contributed by atoms with Gasteiger partial charge in [0.1, 0.15) is 6.10 Å². The van der Waals surface area contributed by atoms with E-state index in [-0.39, 0.29) is 24.4 Å². The molecule has 2 aromatic carbocycles. The predicted octanol–water partition coefficient (Wildman–Crippen LogP) is 4.50. The molecule has 0 heterocycles. The molecule has 6 heteroatoms. The lowest BCUT2D eigenvalue weighted by Gasteiger charge is -2.15. The lowest BCUT2D eigenvalue weighted by Crippen LogP contribution is -2.13. The standard InChI is InChI=1S/C17H19ClN2O2.ClH/c18-14-7-4-6-13(12-14)16(22-19)10-5-11-17(21)20-15-8-2-1-3-9-15;/h1-4,6-9,12,16H,5,10-11,19H2,(H,20,21);1H. The van der Waals surface area contributed by atoms with E-state index in [2.05, 4.69) is 5.32 Å². The second-order valence-electron chi connectivity index (χ2n) is 4.99. The molecule has 0 spiro atoms. The van der Waals surface area contributed by atoms with Crippen LogP contribution in [0, 0.1) is 0 Å². The summed E-state index contributed by atoms with van der Waals surface area (Å²) in [6.07, 6.45) is 1.48. The van der Waals surface area contributed by atoms with Crippen LogP contribution in [-0.2, 0) is 9.63 Å². The highest BCUT2D eigenvalue weighted by atomic mass is 35.5. The SMILES string of the molecule is Cl.NOC(CCCC(=O)Nc1ccccc1)c1cccc(Cl)c1. The minimum absolute atomic E-state index is 0. The predicted molar refractivity (Wildman–Crippen MR) is 95.6 cm³/mol. The van der Waals surface area contributed by atoms with E-state index < -0.39 is 0 Å². The summed E-state index contributed by atoms with van der Waals surface area (Å²) in [7, 11) is 0. The van der Waals surface area contributed by atoms with Crippen LogP contribution < -0.4 is 11.2 Å². The summed E-state index contributed by atoms with van der Waals surface area (Å²) >= 11 is 5.96. The molecule has 1 amide bonds. The van der Waals surface area contributed by atoms with Crippen molar-refractivity contribution in [2.24, 2.45) is 5.90 Å². The van der Waals surface area contributed by atoms with Gasteiger partial charge in [-0.2, -0.15) is 0 Å². The first-order chi connectivity index (χ1) is 10.7. The molecule has 2 rings (SSSR count). The van der Waals surface area contributed by atoms with E-state index in [1.165, 1.54) is 0 Å². The Hall–Kier alpha value is -1.59. The van der Waals surface area contributed by atoms with Crippen molar-refractivity contribution in [2.75, 3.05) is 5.32 Å². The summed E-state index contributed by atoms with van der Waals surface area (Å²) in [6.45, 7) is 0. The summed E-state index contributed by atoms with van der Waals surface area (Å²) in [5.74, 6) is 5.33. The van der Waals surface area contributed by atoms with Crippen molar-refractivity contribution in [3.63, 3.8) is 0 Å². The van der Waals surface area contributed by atoms with E-state index in [9.17, 15) is 4.79 Å². The van der Waals surface area contributed by atoms with Crippen LogP contribution >= 0.6 is 24.0 Å².